The molecule has 2 heterocycles. The van der Waals surface area contributed by atoms with Gasteiger partial charge in [-0.2, -0.15) is 5.26 Å². The molecule has 7 heteroatoms. The van der Waals surface area contributed by atoms with E-state index >= 15 is 0 Å². The molecule has 1 aromatic rings. The maximum Gasteiger partial charge on any atom is 0.263 e. The summed E-state index contributed by atoms with van der Waals surface area (Å²) in [4.78, 5) is 18.3. The number of pyridine rings is 1. The third-order valence-electron chi connectivity index (χ3n) is 3.32. The molecule has 0 unspecified atom stereocenters. The molecule has 116 valence electrons. The standard InChI is InChI=1S/C15H20N6O/c16-11-13(12-20-14-3-1-2-4-18-14)15(22)19-7-10-21-8-5-17-6-9-21/h1-4,12,17H,5-10H2,(H,18,20)(H,19,22)/b13-12-. The molecule has 3 N–H and O–H groups in total. The Labute approximate surface area is 130 Å². The Morgan fingerprint density at radius 1 is 1.45 bits per heavy atom. The van der Waals surface area contributed by atoms with Crippen LogP contribution < -0.4 is 16.0 Å². The van der Waals surface area contributed by atoms with Gasteiger partial charge in [-0.3, -0.25) is 9.69 Å². The Hall–Kier alpha value is -2.43. The van der Waals surface area contributed by atoms with Crippen LogP contribution in [-0.4, -0.2) is 55.1 Å². The number of anilines is 1. The minimum atomic E-state index is -0.374. The molecule has 2 rings (SSSR count). The largest absolute Gasteiger partial charge is 0.350 e. The molecule has 1 amide bonds. The average Bonchev–Trinajstić information content (AvgIpc) is 2.57. The molecule has 0 bridgehead atoms. The minimum absolute atomic E-state index is 0.0333. The SMILES string of the molecule is N#C/C(=C/Nc1ccccn1)C(=O)NCCN1CCNCC1. The predicted molar refractivity (Wildman–Crippen MR) is 83.9 cm³/mol. The van der Waals surface area contributed by atoms with Crippen LogP contribution in [0.25, 0.3) is 0 Å². The number of hydrogen-bond donors (Lipinski definition) is 3. The van der Waals surface area contributed by atoms with Crippen molar-refractivity contribution in [1.29, 1.82) is 5.26 Å². The molecule has 1 aliphatic heterocycles. The zero-order valence-electron chi connectivity index (χ0n) is 12.4. The van der Waals surface area contributed by atoms with E-state index in [2.05, 4.69) is 25.8 Å². The number of carbonyl (C=O) groups excluding carboxylic acids is 1. The first-order valence-electron chi connectivity index (χ1n) is 7.28. The molecule has 1 saturated heterocycles. The molecule has 7 nitrogen and oxygen atoms in total. The van der Waals surface area contributed by atoms with Crippen molar-refractivity contribution in [1.82, 2.24) is 20.5 Å². The van der Waals surface area contributed by atoms with Crippen LogP contribution in [0.5, 0.6) is 0 Å². The van der Waals surface area contributed by atoms with Crippen molar-refractivity contribution in [2.24, 2.45) is 0 Å². The summed E-state index contributed by atoms with van der Waals surface area (Å²) in [5, 5.41) is 17.9. The Balaban J connectivity index is 1.77. The van der Waals surface area contributed by atoms with Crippen LogP contribution in [0.4, 0.5) is 5.82 Å². The third-order valence-corrected chi connectivity index (χ3v) is 3.32. The quantitative estimate of drug-likeness (QED) is 0.503. The minimum Gasteiger partial charge on any atom is -0.350 e. The van der Waals surface area contributed by atoms with E-state index < -0.39 is 0 Å². The Morgan fingerprint density at radius 2 is 2.27 bits per heavy atom. The number of nitrogens with zero attached hydrogens (tertiary/aromatic N) is 3. The molecule has 1 fully saturated rings. The van der Waals surface area contributed by atoms with Gasteiger partial charge in [-0.1, -0.05) is 6.07 Å². The smallest absolute Gasteiger partial charge is 0.263 e. The van der Waals surface area contributed by atoms with Crippen LogP contribution in [0, 0.1) is 11.3 Å². The van der Waals surface area contributed by atoms with Crippen LogP contribution >= 0.6 is 0 Å². The van der Waals surface area contributed by atoms with E-state index in [9.17, 15) is 4.79 Å². The van der Waals surface area contributed by atoms with Gasteiger partial charge in [0.2, 0.25) is 0 Å². The second-order valence-corrected chi connectivity index (χ2v) is 4.88. The number of nitrogens with one attached hydrogen (secondary N) is 3. The molecule has 0 atom stereocenters. The van der Waals surface area contributed by atoms with Gasteiger partial charge in [0.25, 0.3) is 5.91 Å². The normalized spacial score (nSPS) is 15.9. The summed E-state index contributed by atoms with van der Waals surface area (Å²) in [5.41, 5.74) is 0.0333. The monoisotopic (exact) mass is 300 g/mol. The van der Waals surface area contributed by atoms with Gasteiger partial charge in [-0.05, 0) is 12.1 Å². The summed E-state index contributed by atoms with van der Waals surface area (Å²) in [7, 11) is 0. The molecule has 0 aliphatic carbocycles. The van der Waals surface area contributed by atoms with Gasteiger partial charge in [-0.25, -0.2) is 4.98 Å². The summed E-state index contributed by atoms with van der Waals surface area (Å²) in [5.74, 6) is 0.213. The van der Waals surface area contributed by atoms with E-state index in [4.69, 9.17) is 5.26 Å². The fourth-order valence-corrected chi connectivity index (χ4v) is 2.10. The van der Waals surface area contributed by atoms with Gasteiger partial charge in [0.15, 0.2) is 0 Å². The van der Waals surface area contributed by atoms with E-state index in [-0.39, 0.29) is 11.5 Å². The van der Waals surface area contributed by atoms with Gasteiger partial charge in [0.1, 0.15) is 17.5 Å². The molecule has 1 aliphatic rings. The van der Waals surface area contributed by atoms with Gasteiger partial charge >= 0.3 is 0 Å². The highest BCUT2D eigenvalue weighted by Gasteiger charge is 2.11. The van der Waals surface area contributed by atoms with Crippen LogP contribution in [0.3, 0.4) is 0 Å². The number of hydrogen-bond acceptors (Lipinski definition) is 6. The molecule has 0 saturated carbocycles. The zero-order chi connectivity index (χ0) is 15.6. The lowest BCUT2D eigenvalue weighted by Gasteiger charge is -2.27. The molecule has 0 spiro atoms. The summed E-state index contributed by atoms with van der Waals surface area (Å²) >= 11 is 0. The average molecular weight is 300 g/mol. The van der Waals surface area contributed by atoms with E-state index in [0.717, 1.165) is 32.7 Å². The molecule has 1 aromatic heterocycles. The van der Waals surface area contributed by atoms with E-state index in [1.54, 1.807) is 18.3 Å². The summed E-state index contributed by atoms with van der Waals surface area (Å²) in [6.07, 6.45) is 3.01. The van der Waals surface area contributed by atoms with Crippen molar-refractivity contribution in [3.05, 3.63) is 36.2 Å². The first-order valence-corrected chi connectivity index (χ1v) is 7.28. The second kappa shape index (κ2) is 8.77. The highest BCUT2D eigenvalue weighted by molar-refractivity contribution is 5.97. The van der Waals surface area contributed by atoms with Crippen molar-refractivity contribution >= 4 is 11.7 Å². The maximum atomic E-state index is 11.9. The molecule has 22 heavy (non-hydrogen) atoms. The lowest BCUT2D eigenvalue weighted by atomic mass is 10.3. The zero-order valence-corrected chi connectivity index (χ0v) is 12.4. The second-order valence-electron chi connectivity index (χ2n) is 4.88. The first-order chi connectivity index (χ1) is 10.8. The number of amides is 1. The molecule has 0 radical (unpaired) electrons. The molecule has 0 aromatic carbocycles. The van der Waals surface area contributed by atoms with Crippen molar-refractivity contribution < 1.29 is 4.79 Å². The maximum absolute atomic E-state index is 11.9. The number of aromatic nitrogens is 1. The topological polar surface area (TPSA) is 93.1 Å². The lowest BCUT2D eigenvalue weighted by Crippen LogP contribution is -2.46. The number of nitriles is 1. The Kier molecular flexibility index (Phi) is 6.36. The summed E-state index contributed by atoms with van der Waals surface area (Å²) < 4.78 is 0. The highest BCUT2D eigenvalue weighted by Crippen LogP contribution is 2.01. The van der Waals surface area contributed by atoms with Gasteiger partial charge in [-0.15, -0.1) is 0 Å². The van der Waals surface area contributed by atoms with Crippen LogP contribution in [-0.2, 0) is 4.79 Å². The van der Waals surface area contributed by atoms with Gasteiger partial charge in [0, 0.05) is 51.7 Å². The van der Waals surface area contributed by atoms with Crippen molar-refractivity contribution in [3.63, 3.8) is 0 Å². The molecular weight excluding hydrogens is 280 g/mol. The van der Waals surface area contributed by atoms with Crippen LogP contribution in [0.1, 0.15) is 0 Å². The Bertz CT molecular complexity index is 545. The van der Waals surface area contributed by atoms with Gasteiger partial charge in [0.05, 0.1) is 0 Å². The lowest BCUT2D eigenvalue weighted by molar-refractivity contribution is -0.117. The van der Waals surface area contributed by atoms with Crippen LogP contribution in [0.2, 0.25) is 0 Å². The van der Waals surface area contributed by atoms with Crippen LogP contribution in [0.15, 0.2) is 36.2 Å². The van der Waals surface area contributed by atoms with Crippen molar-refractivity contribution in [3.8, 4) is 6.07 Å². The van der Waals surface area contributed by atoms with Crippen molar-refractivity contribution in [2.45, 2.75) is 0 Å². The van der Waals surface area contributed by atoms with E-state index in [1.807, 2.05) is 12.1 Å². The first kappa shape index (κ1) is 15.9. The summed E-state index contributed by atoms with van der Waals surface area (Å²) in [6, 6.07) is 7.27. The molecular formula is C15H20N6O. The summed E-state index contributed by atoms with van der Waals surface area (Å²) in [6.45, 7) is 5.24. The number of carbonyl (C=O) groups is 1. The van der Waals surface area contributed by atoms with Crippen molar-refractivity contribution in [2.75, 3.05) is 44.6 Å². The number of piperazine rings is 1. The fourth-order valence-electron chi connectivity index (χ4n) is 2.10. The highest BCUT2D eigenvalue weighted by atomic mass is 16.1. The van der Waals surface area contributed by atoms with E-state index in [1.165, 1.54) is 6.20 Å². The Morgan fingerprint density at radius 3 is 2.95 bits per heavy atom. The van der Waals surface area contributed by atoms with E-state index in [0.29, 0.717) is 12.4 Å². The predicted octanol–water partition coefficient (Wildman–Crippen LogP) is -0.0776. The fraction of sp³-hybridized carbons (Fsp3) is 0.400. The number of rotatable bonds is 6. The third kappa shape index (κ3) is 5.16. The van der Waals surface area contributed by atoms with Gasteiger partial charge < -0.3 is 16.0 Å².